The van der Waals surface area contributed by atoms with Gasteiger partial charge in [-0.05, 0) is 56.7 Å². The van der Waals surface area contributed by atoms with Crippen LogP contribution in [0.15, 0.2) is 57.5 Å². The van der Waals surface area contributed by atoms with Crippen LogP contribution in [0, 0.1) is 0 Å². The number of benzene rings is 2. The Kier molecular flexibility index (Phi) is 9.34. The molecule has 2 aromatic carbocycles. The van der Waals surface area contributed by atoms with Crippen molar-refractivity contribution in [2.45, 2.75) is 26.8 Å². The van der Waals surface area contributed by atoms with E-state index in [0.29, 0.717) is 54.3 Å². The quantitative estimate of drug-likeness (QED) is 0.339. The third-order valence-corrected chi connectivity index (χ3v) is 7.59. The van der Waals surface area contributed by atoms with E-state index < -0.39 is 18.0 Å². The second-order valence-corrected chi connectivity index (χ2v) is 10.3. The SMILES string of the molecule is CCOC(=O)C1=C(C)N=c2s/c(=C/c3c(Cl)cccc3Cl)c(=O)n2[C@@H]1c1ccc(OCC(=O)OC)c(OCC)c1. The molecule has 1 atom stereocenters. The number of esters is 2. The maximum Gasteiger partial charge on any atom is 0.343 e. The van der Waals surface area contributed by atoms with Gasteiger partial charge in [0.05, 0.1) is 42.2 Å². The highest BCUT2D eigenvalue weighted by Crippen LogP contribution is 2.36. The molecule has 0 amide bonds. The van der Waals surface area contributed by atoms with E-state index in [1.165, 1.54) is 11.7 Å². The van der Waals surface area contributed by atoms with E-state index in [2.05, 4.69) is 9.73 Å². The van der Waals surface area contributed by atoms with Crippen LogP contribution in [0.5, 0.6) is 11.5 Å². The Morgan fingerprint density at radius 1 is 1.07 bits per heavy atom. The van der Waals surface area contributed by atoms with E-state index in [-0.39, 0.29) is 24.3 Å². The topological polar surface area (TPSA) is 105 Å². The van der Waals surface area contributed by atoms with Gasteiger partial charge in [0.2, 0.25) is 0 Å². The molecule has 0 saturated carbocycles. The Morgan fingerprint density at radius 2 is 1.80 bits per heavy atom. The van der Waals surface area contributed by atoms with E-state index in [1.807, 2.05) is 0 Å². The van der Waals surface area contributed by atoms with Gasteiger partial charge in [0.1, 0.15) is 0 Å². The summed E-state index contributed by atoms with van der Waals surface area (Å²) in [5.74, 6) is -0.525. The molecule has 0 bridgehead atoms. The maximum absolute atomic E-state index is 13.9. The number of methoxy groups -OCH3 is 1. The van der Waals surface area contributed by atoms with Gasteiger partial charge in [-0.2, -0.15) is 0 Å². The van der Waals surface area contributed by atoms with Gasteiger partial charge >= 0.3 is 11.9 Å². The monoisotopic (exact) mass is 604 g/mol. The predicted octanol–water partition coefficient (Wildman–Crippen LogP) is 4.06. The molecule has 210 valence electrons. The van der Waals surface area contributed by atoms with Crippen LogP contribution in [0.25, 0.3) is 6.08 Å². The zero-order valence-electron chi connectivity index (χ0n) is 22.2. The molecule has 4 rings (SSSR count). The minimum atomic E-state index is -0.881. The fourth-order valence-electron chi connectivity index (χ4n) is 4.16. The Morgan fingerprint density at radius 3 is 2.45 bits per heavy atom. The van der Waals surface area contributed by atoms with Crippen molar-refractivity contribution in [3.63, 3.8) is 0 Å². The smallest absolute Gasteiger partial charge is 0.343 e. The van der Waals surface area contributed by atoms with E-state index in [4.69, 9.17) is 37.4 Å². The minimum Gasteiger partial charge on any atom is -0.490 e. The van der Waals surface area contributed by atoms with Crippen molar-refractivity contribution >= 4 is 52.6 Å². The molecule has 1 aliphatic rings. The van der Waals surface area contributed by atoms with Gasteiger partial charge < -0.3 is 18.9 Å². The lowest BCUT2D eigenvalue weighted by molar-refractivity contribution is -0.143. The lowest BCUT2D eigenvalue weighted by Crippen LogP contribution is -2.40. The van der Waals surface area contributed by atoms with Gasteiger partial charge in [-0.1, -0.05) is 46.7 Å². The average Bonchev–Trinajstić information content (AvgIpc) is 3.23. The molecule has 1 aromatic heterocycles. The standard InChI is InChI=1S/C28H26Cl2N2O7S/c1-5-37-21-12-16(10-11-20(21)39-14-23(33)36-4)25-24(27(35)38-6-2)15(3)31-28-32(25)26(34)22(40-28)13-17-18(29)8-7-9-19(17)30/h7-13,25H,5-6,14H2,1-4H3/b22-13+/t25-/m1/s1. The lowest BCUT2D eigenvalue weighted by Gasteiger charge is -2.25. The van der Waals surface area contributed by atoms with E-state index in [9.17, 15) is 14.4 Å². The summed E-state index contributed by atoms with van der Waals surface area (Å²) in [7, 11) is 1.26. The van der Waals surface area contributed by atoms with Gasteiger partial charge in [0.15, 0.2) is 22.9 Å². The first kappa shape index (κ1) is 29.4. The summed E-state index contributed by atoms with van der Waals surface area (Å²) in [5, 5.41) is 0.782. The van der Waals surface area contributed by atoms with Gasteiger partial charge in [-0.3, -0.25) is 9.36 Å². The largest absolute Gasteiger partial charge is 0.490 e. The van der Waals surface area contributed by atoms with Crippen molar-refractivity contribution in [1.82, 2.24) is 4.57 Å². The van der Waals surface area contributed by atoms with E-state index in [1.54, 1.807) is 63.2 Å². The molecular formula is C28H26Cl2N2O7S. The van der Waals surface area contributed by atoms with Crippen LogP contribution >= 0.6 is 34.5 Å². The molecule has 40 heavy (non-hydrogen) atoms. The number of thiazole rings is 1. The Bertz CT molecular complexity index is 1660. The van der Waals surface area contributed by atoms with Crippen LogP contribution in [0.2, 0.25) is 10.0 Å². The molecule has 0 N–H and O–H groups in total. The summed E-state index contributed by atoms with van der Waals surface area (Å²) in [5.41, 5.74) is 1.29. The summed E-state index contributed by atoms with van der Waals surface area (Å²) in [6.45, 7) is 5.32. The van der Waals surface area contributed by atoms with Crippen LogP contribution in [-0.4, -0.2) is 43.4 Å². The van der Waals surface area contributed by atoms with E-state index in [0.717, 1.165) is 11.3 Å². The fraction of sp³-hybridized carbons (Fsp3) is 0.286. The maximum atomic E-state index is 13.9. The second kappa shape index (κ2) is 12.7. The number of ether oxygens (including phenoxy) is 4. The van der Waals surface area contributed by atoms with Crippen LogP contribution in [0.3, 0.4) is 0 Å². The highest BCUT2D eigenvalue weighted by atomic mass is 35.5. The fourth-order valence-corrected chi connectivity index (χ4v) is 5.70. The van der Waals surface area contributed by atoms with Gasteiger partial charge in [-0.25, -0.2) is 14.6 Å². The highest BCUT2D eigenvalue weighted by molar-refractivity contribution is 7.07. The minimum absolute atomic E-state index is 0.141. The summed E-state index contributed by atoms with van der Waals surface area (Å²) in [6, 6.07) is 9.17. The number of hydrogen-bond acceptors (Lipinski definition) is 9. The number of hydrogen-bond donors (Lipinski definition) is 0. The van der Waals surface area contributed by atoms with Crippen molar-refractivity contribution in [1.29, 1.82) is 0 Å². The molecule has 1 aliphatic heterocycles. The van der Waals surface area contributed by atoms with Crippen LogP contribution in [-0.2, 0) is 19.1 Å². The zero-order chi connectivity index (χ0) is 29.0. The molecule has 0 radical (unpaired) electrons. The average molecular weight is 605 g/mol. The summed E-state index contributed by atoms with van der Waals surface area (Å²) in [6.07, 6.45) is 1.62. The van der Waals surface area contributed by atoms with Crippen molar-refractivity contribution in [3.05, 3.63) is 88.5 Å². The van der Waals surface area contributed by atoms with Crippen LogP contribution < -0.4 is 24.4 Å². The number of halogens is 2. The molecule has 3 aromatic rings. The number of aromatic nitrogens is 1. The third-order valence-electron chi connectivity index (χ3n) is 5.95. The molecule has 9 nitrogen and oxygen atoms in total. The van der Waals surface area contributed by atoms with Crippen molar-refractivity contribution in [2.24, 2.45) is 4.99 Å². The number of rotatable bonds is 9. The third kappa shape index (κ3) is 5.94. The number of fused-ring (bicyclic) bond motifs is 1. The molecule has 0 aliphatic carbocycles. The first-order chi connectivity index (χ1) is 19.2. The lowest BCUT2D eigenvalue weighted by atomic mass is 9.95. The predicted molar refractivity (Wildman–Crippen MR) is 152 cm³/mol. The van der Waals surface area contributed by atoms with Crippen LogP contribution in [0.1, 0.15) is 37.9 Å². The molecule has 2 heterocycles. The summed E-state index contributed by atoms with van der Waals surface area (Å²) in [4.78, 5) is 43.6. The molecule has 0 spiro atoms. The number of carbonyl (C=O) groups excluding carboxylic acids is 2. The van der Waals surface area contributed by atoms with Gasteiger partial charge in [-0.15, -0.1) is 0 Å². The first-order valence-electron chi connectivity index (χ1n) is 12.3. The Balaban J connectivity index is 1.93. The molecule has 0 saturated heterocycles. The number of allylic oxidation sites excluding steroid dienone is 1. The van der Waals surface area contributed by atoms with E-state index >= 15 is 0 Å². The Hall–Kier alpha value is -3.60. The summed E-state index contributed by atoms with van der Waals surface area (Å²) < 4.78 is 23.1. The van der Waals surface area contributed by atoms with Gasteiger partial charge in [0.25, 0.3) is 5.56 Å². The highest BCUT2D eigenvalue weighted by Gasteiger charge is 2.34. The van der Waals surface area contributed by atoms with Crippen LogP contribution in [0.4, 0.5) is 0 Å². The molecule has 0 fully saturated rings. The van der Waals surface area contributed by atoms with Crippen molar-refractivity contribution in [3.8, 4) is 11.5 Å². The van der Waals surface area contributed by atoms with Crippen molar-refractivity contribution in [2.75, 3.05) is 26.9 Å². The van der Waals surface area contributed by atoms with Gasteiger partial charge in [0, 0.05) is 15.6 Å². The first-order valence-corrected chi connectivity index (χ1v) is 13.9. The van der Waals surface area contributed by atoms with Crippen molar-refractivity contribution < 1.29 is 28.5 Å². The molecule has 0 unspecified atom stereocenters. The second-order valence-electron chi connectivity index (χ2n) is 8.44. The summed E-state index contributed by atoms with van der Waals surface area (Å²) >= 11 is 13.9. The Labute approximate surface area is 243 Å². The molecule has 12 heteroatoms. The number of nitrogens with zero attached hydrogens (tertiary/aromatic N) is 2. The number of carbonyl (C=O) groups is 2. The zero-order valence-corrected chi connectivity index (χ0v) is 24.5. The molecular weight excluding hydrogens is 579 g/mol. The normalized spacial score (nSPS) is 14.8.